The standard InChI is InChI=1S/C7H8BN/c1-5-3-4-7(8)9-6(5)2/h3-4H,1-2H3. The van der Waals surface area contributed by atoms with Crippen LogP contribution in [0.3, 0.4) is 0 Å². The summed E-state index contributed by atoms with van der Waals surface area (Å²) in [4.78, 5) is 4.05. The van der Waals surface area contributed by atoms with Gasteiger partial charge >= 0.3 is 0 Å². The Morgan fingerprint density at radius 2 is 2.00 bits per heavy atom. The van der Waals surface area contributed by atoms with Crippen LogP contribution in [0.5, 0.6) is 0 Å². The monoisotopic (exact) mass is 117 g/mol. The second kappa shape index (κ2) is 2.22. The molecule has 0 aliphatic carbocycles. The lowest BCUT2D eigenvalue weighted by molar-refractivity contribution is 1.18. The molecule has 0 spiro atoms. The van der Waals surface area contributed by atoms with Gasteiger partial charge in [-0.2, -0.15) is 0 Å². The van der Waals surface area contributed by atoms with Crippen molar-refractivity contribution >= 4 is 13.4 Å². The molecule has 0 aliphatic heterocycles. The molecule has 1 heterocycles. The molecule has 0 fully saturated rings. The molecule has 1 aromatic heterocycles. The Balaban J connectivity index is 3.17. The van der Waals surface area contributed by atoms with E-state index in [0.717, 1.165) is 5.69 Å². The molecule has 1 rings (SSSR count). The van der Waals surface area contributed by atoms with E-state index in [-0.39, 0.29) is 0 Å². The first-order valence-corrected chi connectivity index (χ1v) is 2.90. The maximum absolute atomic E-state index is 5.42. The summed E-state index contributed by atoms with van der Waals surface area (Å²) in [5.74, 6) is 0. The number of aromatic nitrogens is 1. The van der Waals surface area contributed by atoms with E-state index in [2.05, 4.69) is 4.98 Å². The Kier molecular flexibility index (Phi) is 1.56. The molecule has 44 valence electrons. The SMILES string of the molecule is [B]c1ccc(C)c(C)n1. The van der Waals surface area contributed by atoms with Crippen molar-refractivity contribution < 1.29 is 0 Å². The lowest BCUT2D eigenvalue weighted by Gasteiger charge is -1.97. The van der Waals surface area contributed by atoms with E-state index in [1.807, 2.05) is 26.0 Å². The fourth-order valence-corrected chi connectivity index (χ4v) is 0.650. The highest BCUT2D eigenvalue weighted by atomic mass is 14.7. The van der Waals surface area contributed by atoms with Gasteiger partial charge in [0.05, 0.1) is 0 Å². The molecule has 2 radical (unpaired) electrons. The molecule has 0 amide bonds. The van der Waals surface area contributed by atoms with Crippen LogP contribution in [0.2, 0.25) is 0 Å². The lowest BCUT2D eigenvalue weighted by atomic mass is 10.0. The van der Waals surface area contributed by atoms with E-state index in [9.17, 15) is 0 Å². The summed E-state index contributed by atoms with van der Waals surface area (Å²) < 4.78 is 0. The van der Waals surface area contributed by atoms with Gasteiger partial charge in [-0.05, 0) is 25.0 Å². The highest BCUT2D eigenvalue weighted by Crippen LogP contribution is 1.97. The van der Waals surface area contributed by atoms with Crippen molar-refractivity contribution in [3.8, 4) is 0 Å². The smallest absolute Gasteiger partial charge is 0.141 e. The molecule has 0 saturated heterocycles. The van der Waals surface area contributed by atoms with E-state index in [0.29, 0.717) is 5.59 Å². The number of hydrogen-bond donors (Lipinski definition) is 0. The van der Waals surface area contributed by atoms with Gasteiger partial charge in [0, 0.05) is 5.69 Å². The summed E-state index contributed by atoms with van der Waals surface area (Å²) >= 11 is 0. The Hall–Kier alpha value is -0.785. The van der Waals surface area contributed by atoms with Crippen LogP contribution in [-0.4, -0.2) is 12.8 Å². The first-order chi connectivity index (χ1) is 4.20. The normalized spacial score (nSPS) is 9.56. The first kappa shape index (κ1) is 6.34. The number of nitrogens with zero attached hydrogens (tertiary/aromatic N) is 1. The molecule has 2 heteroatoms. The van der Waals surface area contributed by atoms with Crippen molar-refractivity contribution in [2.45, 2.75) is 13.8 Å². The third-order valence-electron chi connectivity index (χ3n) is 1.37. The Morgan fingerprint density at radius 1 is 1.33 bits per heavy atom. The van der Waals surface area contributed by atoms with Gasteiger partial charge in [-0.3, -0.25) is 4.98 Å². The fourth-order valence-electron chi connectivity index (χ4n) is 0.650. The molecule has 9 heavy (non-hydrogen) atoms. The maximum atomic E-state index is 5.42. The van der Waals surface area contributed by atoms with Crippen molar-refractivity contribution in [2.75, 3.05) is 0 Å². The van der Waals surface area contributed by atoms with Gasteiger partial charge in [-0.1, -0.05) is 12.1 Å². The quantitative estimate of drug-likeness (QED) is 0.450. The predicted octanol–water partition coefficient (Wildman–Crippen LogP) is 0.492. The zero-order valence-corrected chi connectivity index (χ0v) is 5.68. The fraction of sp³-hybridized carbons (Fsp3) is 0.286. The minimum absolute atomic E-state index is 0.595. The van der Waals surface area contributed by atoms with Gasteiger partial charge in [0.1, 0.15) is 7.85 Å². The van der Waals surface area contributed by atoms with Gasteiger partial charge < -0.3 is 0 Å². The molecule has 0 aliphatic rings. The van der Waals surface area contributed by atoms with E-state index >= 15 is 0 Å². The van der Waals surface area contributed by atoms with Crippen LogP contribution in [0, 0.1) is 13.8 Å². The maximum Gasteiger partial charge on any atom is 0.141 e. The second-order valence-electron chi connectivity index (χ2n) is 2.14. The van der Waals surface area contributed by atoms with Crippen molar-refractivity contribution in [3.63, 3.8) is 0 Å². The predicted molar refractivity (Wildman–Crippen MR) is 39.1 cm³/mol. The van der Waals surface area contributed by atoms with Crippen LogP contribution in [0.4, 0.5) is 0 Å². The van der Waals surface area contributed by atoms with Gasteiger partial charge in [0.15, 0.2) is 0 Å². The first-order valence-electron chi connectivity index (χ1n) is 2.90. The van der Waals surface area contributed by atoms with Crippen LogP contribution in [0.15, 0.2) is 12.1 Å². The average molecular weight is 117 g/mol. The topological polar surface area (TPSA) is 12.9 Å². The molecule has 1 nitrogen and oxygen atoms in total. The largest absolute Gasteiger partial charge is 0.269 e. The van der Waals surface area contributed by atoms with Crippen LogP contribution in [0.25, 0.3) is 0 Å². The zero-order valence-electron chi connectivity index (χ0n) is 5.68. The third-order valence-corrected chi connectivity index (χ3v) is 1.37. The van der Waals surface area contributed by atoms with Crippen molar-refractivity contribution in [1.82, 2.24) is 4.98 Å². The average Bonchev–Trinajstić information content (AvgIpc) is 1.80. The molecule has 0 N–H and O–H groups in total. The highest BCUT2D eigenvalue weighted by Gasteiger charge is 1.90. The van der Waals surface area contributed by atoms with Gasteiger partial charge in [0.25, 0.3) is 0 Å². The highest BCUT2D eigenvalue weighted by molar-refractivity contribution is 6.30. The summed E-state index contributed by atoms with van der Waals surface area (Å²) in [6.07, 6.45) is 0. The molecule has 0 atom stereocenters. The minimum Gasteiger partial charge on any atom is -0.269 e. The molecule has 0 aromatic carbocycles. The molecule has 1 aromatic rings. The molecular weight excluding hydrogens is 109 g/mol. The number of aryl methyl sites for hydroxylation is 2. The van der Waals surface area contributed by atoms with E-state index in [4.69, 9.17) is 7.85 Å². The number of pyridine rings is 1. The van der Waals surface area contributed by atoms with E-state index in [1.54, 1.807) is 0 Å². The van der Waals surface area contributed by atoms with Crippen LogP contribution < -0.4 is 5.59 Å². The summed E-state index contributed by atoms with van der Waals surface area (Å²) in [5, 5.41) is 0. The van der Waals surface area contributed by atoms with E-state index in [1.165, 1.54) is 5.56 Å². The molecule has 0 bridgehead atoms. The van der Waals surface area contributed by atoms with Crippen molar-refractivity contribution in [3.05, 3.63) is 23.4 Å². The van der Waals surface area contributed by atoms with Crippen molar-refractivity contribution in [2.24, 2.45) is 0 Å². The van der Waals surface area contributed by atoms with Crippen molar-refractivity contribution in [1.29, 1.82) is 0 Å². The molecule has 0 saturated carbocycles. The van der Waals surface area contributed by atoms with Crippen LogP contribution in [0.1, 0.15) is 11.3 Å². The van der Waals surface area contributed by atoms with Crippen LogP contribution in [-0.2, 0) is 0 Å². The number of rotatable bonds is 0. The van der Waals surface area contributed by atoms with Crippen LogP contribution >= 0.6 is 0 Å². The summed E-state index contributed by atoms with van der Waals surface area (Å²) in [7, 11) is 5.42. The Morgan fingerprint density at radius 3 is 2.44 bits per heavy atom. The molecule has 0 unspecified atom stereocenters. The third kappa shape index (κ3) is 1.32. The summed E-state index contributed by atoms with van der Waals surface area (Å²) in [6, 6.07) is 3.78. The van der Waals surface area contributed by atoms with Gasteiger partial charge in [0.2, 0.25) is 0 Å². The number of hydrogen-bond acceptors (Lipinski definition) is 1. The second-order valence-corrected chi connectivity index (χ2v) is 2.14. The lowest BCUT2D eigenvalue weighted by Crippen LogP contribution is -2.08. The molecular formula is C7H8BN. The van der Waals surface area contributed by atoms with E-state index < -0.39 is 0 Å². The Bertz CT molecular complexity index is 220. The van der Waals surface area contributed by atoms with Gasteiger partial charge in [-0.15, -0.1) is 0 Å². The minimum atomic E-state index is 0.595. The van der Waals surface area contributed by atoms with Gasteiger partial charge in [-0.25, -0.2) is 0 Å². The summed E-state index contributed by atoms with van der Waals surface area (Å²) in [6.45, 7) is 3.97. The zero-order chi connectivity index (χ0) is 6.85. The summed E-state index contributed by atoms with van der Waals surface area (Å²) in [5.41, 5.74) is 2.79. The Labute approximate surface area is 56.5 Å².